The van der Waals surface area contributed by atoms with Gasteiger partial charge < -0.3 is 20.4 Å². The predicted octanol–water partition coefficient (Wildman–Crippen LogP) is 1.69. The molecule has 0 unspecified atom stereocenters. The number of nitrogens with one attached hydrogen (secondary N) is 2. The van der Waals surface area contributed by atoms with Gasteiger partial charge in [-0.05, 0) is 17.7 Å². The first-order valence-electron chi connectivity index (χ1n) is 8.76. The van der Waals surface area contributed by atoms with Crippen LogP contribution in [0.2, 0.25) is 0 Å². The highest BCUT2D eigenvalue weighted by Crippen LogP contribution is 2.25. The lowest BCUT2D eigenvalue weighted by molar-refractivity contribution is -0.136. The second-order valence-electron chi connectivity index (χ2n) is 6.38. The molecule has 2 aromatic rings. The van der Waals surface area contributed by atoms with Gasteiger partial charge in [-0.1, -0.05) is 42.5 Å². The van der Waals surface area contributed by atoms with E-state index >= 15 is 0 Å². The highest BCUT2D eigenvalue weighted by atomic mass is 16.2. The smallest absolute Gasteiger partial charge is 0.242 e. The molecular weight excluding hydrogens is 328 g/mol. The second kappa shape index (κ2) is 8.38. The van der Waals surface area contributed by atoms with Crippen molar-refractivity contribution in [2.75, 3.05) is 43.4 Å². The molecule has 1 saturated heterocycles. The minimum atomic E-state index is -0.104. The molecule has 2 N–H and O–H groups in total. The minimum absolute atomic E-state index is 0.0691. The summed E-state index contributed by atoms with van der Waals surface area (Å²) in [6.45, 7) is 2.15. The van der Waals surface area contributed by atoms with E-state index < -0.39 is 0 Å². The average Bonchev–Trinajstić information content (AvgIpc) is 2.67. The molecule has 0 spiro atoms. The molecule has 3 rings (SSSR count). The van der Waals surface area contributed by atoms with E-state index in [9.17, 15) is 9.59 Å². The van der Waals surface area contributed by atoms with Crippen LogP contribution in [0, 0.1) is 0 Å². The Morgan fingerprint density at radius 1 is 1.15 bits per heavy atom. The van der Waals surface area contributed by atoms with Crippen molar-refractivity contribution >= 4 is 23.2 Å². The number of nitrogens with zero attached hydrogens (tertiary/aromatic N) is 2. The molecule has 6 nitrogen and oxygen atoms in total. The van der Waals surface area contributed by atoms with E-state index in [-0.39, 0.29) is 24.9 Å². The molecule has 1 aliphatic rings. The van der Waals surface area contributed by atoms with Gasteiger partial charge in [-0.15, -0.1) is 0 Å². The highest BCUT2D eigenvalue weighted by Gasteiger charge is 2.21. The summed E-state index contributed by atoms with van der Waals surface area (Å²) in [5, 5.41) is 5.96. The highest BCUT2D eigenvalue weighted by molar-refractivity contribution is 5.88. The zero-order chi connectivity index (χ0) is 18.4. The molecule has 0 bridgehead atoms. The van der Waals surface area contributed by atoms with E-state index in [1.807, 2.05) is 49.5 Å². The largest absolute Gasteiger partial charge is 0.374 e. The number of carbonyl (C=O) groups is 2. The Balaban J connectivity index is 1.63. The summed E-state index contributed by atoms with van der Waals surface area (Å²) in [6, 6.07) is 18.2. The molecule has 0 aliphatic carbocycles. The summed E-state index contributed by atoms with van der Waals surface area (Å²) in [7, 11) is 2.03. The number of piperazine rings is 1. The van der Waals surface area contributed by atoms with Gasteiger partial charge in [-0.25, -0.2) is 0 Å². The summed E-state index contributed by atoms with van der Waals surface area (Å²) in [5.74, 6) is -0.173. The lowest BCUT2D eigenvalue weighted by Crippen LogP contribution is -2.51. The molecule has 2 aromatic carbocycles. The third-order valence-corrected chi connectivity index (χ3v) is 4.40. The maximum Gasteiger partial charge on any atom is 0.242 e. The van der Waals surface area contributed by atoms with Crippen molar-refractivity contribution in [1.82, 2.24) is 10.2 Å². The molecule has 1 heterocycles. The third kappa shape index (κ3) is 4.53. The number of hydrogen-bond donors (Lipinski definition) is 2. The van der Waals surface area contributed by atoms with Crippen LogP contribution in [0.15, 0.2) is 54.6 Å². The fraction of sp³-hybridized carbons (Fsp3) is 0.300. The van der Waals surface area contributed by atoms with Crippen LogP contribution in [-0.4, -0.2) is 49.9 Å². The lowest BCUT2D eigenvalue weighted by Gasteiger charge is -2.27. The maximum atomic E-state index is 12.4. The van der Waals surface area contributed by atoms with Gasteiger partial charge in [-0.2, -0.15) is 0 Å². The Morgan fingerprint density at radius 3 is 2.65 bits per heavy atom. The summed E-state index contributed by atoms with van der Waals surface area (Å²) >= 11 is 0. The van der Waals surface area contributed by atoms with Gasteiger partial charge in [0.25, 0.3) is 0 Å². The van der Waals surface area contributed by atoms with Gasteiger partial charge in [0.05, 0.1) is 24.5 Å². The monoisotopic (exact) mass is 352 g/mol. The standard InChI is InChI=1S/C20H24N4O2/c1-23(14-16-7-3-2-4-8-16)18-10-6-5-9-17(18)22-13-20(26)24-12-11-21-19(25)15-24/h2-10,22H,11-15H2,1H3,(H,21,25). The quantitative estimate of drug-likeness (QED) is 0.830. The van der Waals surface area contributed by atoms with Gasteiger partial charge in [0.1, 0.15) is 0 Å². The predicted molar refractivity (Wildman–Crippen MR) is 103 cm³/mol. The van der Waals surface area contributed by atoms with Crippen LogP contribution in [0.3, 0.4) is 0 Å². The van der Waals surface area contributed by atoms with E-state index in [1.54, 1.807) is 4.90 Å². The SMILES string of the molecule is CN(Cc1ccccc1)c1ccccc1NCC(=O)N1CCNC(=O)C1. The number of hydrogen-bond acceptors (Lipinski definition) is 4. The van der Waals surface area contributed by atoms with Crippen molar-refractivity contribution in [3.8, 4) is 0 Å². The number of carbonyl (C=O) groups excluding carboxylic acids is 2. The fourth-order valence-corrected chi connectivity index (χ4v) is 3.03. The first-order chi connectivity index (χ1) is 12.6. The number of para-hydroxylation sites is 2. The molecule has 1 fully saturated rings. The molecule has 0 atom stereocenters. The van der Waals surface area contributed by atoms with Gasteiger partial charge in [0, 0.05) is 26.7 Å². The number of amides is 2. The van der Waals surface area contributed by atoms with Crippen molar-refractivity contribution in [1.29, 1.82) is 0 Å². The van der Waals surface area contributed by atoms with Crippen LogP contribution in [0.1, 0.15) is 5.56 Å². The molecule has 0 radical (unpaired) electrons. The molecule has 2 amide bonds. The van der Waals surface area contributed by atoms with Gasteiger partial charge >= 0.3 is 0 Å². The van der Waals surface area contributed by atoms with Crippen molar-refractivity contribution < 1.29 is 9.59 Å². The van der Waals surface area contributed by atoms with Crippen LogP contribution in [0.5, 0.6) is 0 Å². The number of rotatable bonds is 6. The van der Waals surface area contributed by atoms with Crippen LogP contribution in [0.25, 0.3) is 0 Å². The zero-order valence-corrected chi connectivity index (χ0v) is 14.9. The van der Waals surface area contributed by atoms with Crippen molar-refractivity contribution in [2.24, 2.45) is 0 Å². The fourth-order valence-electron chi connectivity index (χ4n) is 3.03. The number of anilines is 2. The first-order valence-corrected chi connectivity index (χ1v) is 8.76. The Morgan fingerprint density at radius 2 is 1.88 bits per heavy atom. The third-order valence-electron chi connectivity index (χ3n) is 4.40. The van der Waals surface area contributed by atoms with Gasteiger partial charge in [0.2, 0.25) is 11.8 Å². The van der Waals surface area contributed by atoms with E-state index in [1.165, 1.54) is 5.56 Å². The van der Waals surface area contributed by atoms with Crippen LogP contribution in [0.4, 0.5) is 11.4 Å². The zero-order valence-electron chi connectivity index (χ0n) is 14.9. The minimum Gasteiger partial charge on any atom is -0.374 e. The summed E-state index contributed by atoms with van der Waals surface area (Å²) in [4.78, 5) is 27.5. The van der Waals surface area contributed by atoms with Crippen molar-refractivity contribution in [2.45, 2.75) is 6.54 Å². The summed E-state index contributed by atoms with van der Waals surface area (Å²) in [5.41, 5.74) is 3.15. The van der Waals surface area contributed by atoms with Crippen molar-refractivity contribution in [3.63, 3.8) is 0 Å². The normalized spacial score (nSPS) is 13.9. The van der Waals surface area contributed by atoms with E-state index in [0.29, 0.717) is 13.1 Å². The van der Waals surface area contributed by atoms with E-state index in [0.717, 1.165) is 17.9 Å². The first kappa shape index (κ1) is 17.8. The summed E-state index contributed by atoms with van der Waals surface area (Å²) < 4.78 is 0. The molecule has 1 aliphatic heterocycles. The van der Waals surface area contributed by atoms with Crippen LogP contribution >= 0.6 is 0 Å². The van der Waals surface area contributed by atoms with Crippen LogP contribution < -0.4 is 15.5 Å². The summed E-state index contributed by atoms with van der Waals surface area (Å²) in [6.07, 6.45) is 0. The molecular formula is C20H24N4O2. The van der Waals surface area contributed by atoms with E-state index in [4.69, 9.17) is 0 Å². The number of benzene rings is 2. The lowest BCUT2D eigenvalue weighted by atomic mass is 10.2. The van der Waals surface area contributed by atoms with Crippen molar-refractivity contribution in [3.05, 3.63) is 60.2 Å². The molecule has 0 saturated carbocycles. The average molecular weight is 352 g/mol. The Labute approximate surface area is 153 Å². The Kier molecular flexibility index (Phi) is 5.73. The Hall–Kier alpha value is -3.02. The topological polar surface area (TPSA) is 64.7 Å². The van der Waals surface area contributed by atoms with Gasteiger partial charge in [-0.3, -0.25) is 9.59 Å². The van der Waals surface area contributed by atoms with Crippen LogP contribution in [-0.2, 0) is 16.1 Å². The van der Waals surface area contributed by atoms with Gasteiger partial charge in [0.15, 0.2) is 0 Å². The molecule has 136 valence electrons. The molecule has 6 heteroatoms. The maximum absolute atomic E-state index is 12.4. The van der Waals surface area contributed by atoms with E-state index in [2.05, 4.69) is 27.7 Å². The second-order valence-corrected chi connectivity index (χ2v) is 6.38. The molecule has 0 aromatic heterocycles. The molecule has 26 heavy (non-hydrogen) atoms. The Bertz CT molecular complexity index is 763.